The minimum absolute atomic E-state index is 0.0793. The molecule has 1 saturated carbocycles. The van der Waals surface area contributed by atoms with E-state index < -0.39 is 75.7 Å². The summed E-state index contributed by atoms with van der Waals surface area (Å²) in [5, 5.41) is 50.2. The Kier molecular flexibility index (Phi) is 35.0. The van der Waals surface area contributed by atoms with Crippen molar-refractivity contribution in [3.63, 3.8) is 0 Å². The third-order valence-corrected chi connectivity index (χ3v) is 11.9. The maximum atomic E-state index is 12.8. The lowest BCUT2D eigenvalue weighted by Crippen LogP contribution is -2.64. The lowest BCUT2D eigenvalue weighted by Gasteiger charge is -2.41. The van der Waals surface area contributed by atoms with Gasteiger partial charge in [-0.25, -0.2) is 4.57 Å². The molecule has 6 unspecified atom stereocenters. The molecule has 0 aromatic rings. The smallest absolute Gasteiger partial charge is 0.462 e. The lowest BCUT2D eigenvalue weighted by molar-refractivity contribution is -0.220. The third-order valence-electron chi connectivity index (χ3n) is 11.0. The molecule has 6 atom stereocenters. The fourth-order valence-corrected chi connectivity index (χ4v) is 8.05. The normalized spacial score (nSPS) is 22.3. The van der Waals surface area contributed by atoms with Gasteiger partial charge < -0.3 is 39.9 Å². The molecule has 0 radical (unpaired) electrons. The van der Waals surface area contributed by atoms with Crippen molar-refractivity contribution in [2.75, 3.05) is 13.2 Å². The monoisotopic (exact) mass is 889 g/mol. The Morgan fingerprint density at radius 1 is 0.508 bits per heavy atom. The number of ether oxygens (including phenoxy) is 2. The molecule has 1 aliphatic rings. The molecule has 356 valence electrons. The standard InChI is InChI=1S/C47H85O13P/c1-3-5-7-9-11-13-15-17-19-21-23-25-27-29-31-33-35-40(48)57-37-39(38-58-61(55,56)60-47-45(53)43(51)42(50)44(52)46(47)54)59-41(49)36-34-32-30-28-26-24-22-20-18-16-14-12-10-8-6-4-2/h14,16,19-22,39,42-47,50-54H,3-13,15,17-18,23-38H2,1-2H3,(H,55,56)/b16-14-,21-19-,22-20-. The first-order valence-electron chi connectivity index (χ1n) is 23.8. The summed E-state index contributed by atoms with van der Waals surface area (Å²) in [5.74, 6) is -1.12. The van der Waals surface area contributed by atoms with Crippen molar-refractivity contribution in [1.82, 2.24) is 0 Å². The van der Waals surface area contributed by atoms with Crippen LogP contribution in [-0.2, 0) is 32.7 Å². The van der Waals surface area contributed by atoms with E-state index in [1.165, 1.54) is 70.6 Å². The van der Waals surface area contributed by atoms with Gasteiger partial charge in [0.25, 0.3) is 0 Å². The number of rotatable bonds is 39. The highest BCUT2D eigenvalue weighted by molar-refractivity contribution is 7.47. The lowest BCUT2D eigenvalue weighted by atomic mass is 9.85. The van der Waals surface area contributed by atoms with Gasteiger partial charge in [0.2, 0.25) is 0 Å². The van der Waals surface area contributed by atoms with Crippen molar-refractivity contribution in [3.8, 4) is 0 Å². The number of allylic oxidation sites excluding steroid dienone is 6. The largest absolute Gasteiger partial charge is 0.472 e. The van der Waals surface area contributed by atoms with Gasteiger partial charge in [0.05, 0.1) is 6.61 Å². The maximum absolute atomic E-state index is 12.8. The molecule has 0 amide bonds. The first kappa shape index (κ1) is 57.1. The van der Waals surface area contributed by atoms with Crippen LogP contribution in [-0.4, -0.2) is 98.3 Å². The SMILES string of the molecule is CCCCCC/C=C\C/C=C\CCCCCCCC(=O)OC(COC(=O)CCCCCCC/C=C\CCCCCCCCC)COP(=O)(O)OC1C(O)C(O)C(O)C(O)C1O. The molecule has 13 nitrogen and oxygen atoms in total. The summed E-state index contributed by atoms with van der Waals surface area (Å²) in [6.45, 7) is 3.27. The Morgan fingerprint density at radius 2 is 0.885 bits per heavy atom. The predicted octanol–water partition coefficient (Wildman–Crippen LogP) is 9.39. The van der Waals surface area contributed by atoms with Gasteiger partial charge in [-0.2, -0.15) is 0 Å². The van der Waals surface area contributed by atoms with E-state index in [0.717, 1.165) is 83.5 Å². The van der Waals surface area contributed by atoms with Gasteiger partial charge in [0, 0.05) is 12.8 Å². The number of hydrogen-bond donors (Lipinski definition) is 6. The average Bonchev–Trinajstić information content (AvgIpc) is 3.24. The van der Waals surface area contributed by atoms with E-state index in [1.54, 1.807) is 0 Å². The van der Waals surface area contributed by atoms with Gasteiger partial charge in [-0.05, 0) is 70.6 Å². The first-order chi connectivity index (χ1) is 29.4. The molecule has 0 aromatic heterocycles. The van der Waals surface area contributed by atoms with Crippen molar-refractivity contribution < 1.29 is 63.1 Å². The average molecular weight is 889 g/mol. The number of carbonyl (C=O) groups excluding carboxylic acids is 2. The first-order valence-corrected chi connectivity index (χ1v) is 25.3. The molecular formula is C47H85O13P. The Balaban J connectivity index is 2.46. The van der Waals surface area contributed by atoms with E-state index >= 15 is 0 Å². The van der Waals surface area contributed by atoms with Crippen molar-refractivity contribution in [2.24, 2.45) is 0 Å². The van der Waals surface area contributed by atoms with Gasteiger partial charge in [0.1, 0.15) is 43.2 Å². The third kappa shape index (κ3) is 30.0. The molecule has 0 aliphatic heterocycles. The second-order valence-corrected chi connectivity index (χ2v) is 18.0. The molecule has 0 bridgehead atoms. The number of phosphoric acid groups is 1. The number of unbranched alkanes of at least 4 members (excludes halogenated alkanes) is 21. The van der Waals surface area contributed by atoms with Crippen LogP contribution in [0.3, 0.4) is 0 Å². The molecule has 14 heteroatoms. The molecule has 1 fully saturated rings. The van der Waals surface area contributed by atoms with Gasteiger partial charge in [-0.1, -0.05) is 147 Å². The Labute approximate surface area is 368 Å². The number of phosphoric ester groups is 1. The van der Waals surface area contributed by atoms with E-state index in [4.69, 9.17) is 18.5 Å². The van der Waals surface area contributed by atoms with Crippen LogP contribution < -0.4 is 0 Å². The van der Waals surface area contributed by atoms with Crippen LogP contribution in [0.15, 0.2) is 36.5 Å². The van der Waals surface area contributed by atoms with E-state index in [-0.39, 0.29) is 12.8 Å². The maximum Gasteiger partial charge on any atom is 0.472 e. The zero-order valence-corrected chi connectivity index (χ0v) is 38.6. The number of carbonyl (C=O) groups is 2. The quantitative estimate of drug-likeness (QED) is 0.0147. The molecule has 0 spiro atoms. The Bertz CT molecular complexity index is 1210. The fraction of sp³-hybridized carbons (Fsp3) is 0.830. The molecular weight excluding hydrogens is 803 g/mol. The topological polar surface area (TPSA) is 210 Å². The highest BCUT2D eigenvalue weighted by Gasteiger charge is 2.51. The zero-order chi connectivity index (χ0) is 45.0. The van der Waals surface area contributed by atoms with Gasteiger partial charge in [-0.3, -0.25) is 18.6 Å². The van der Waals surface area contributed by atoms with E-state index in [1.807, 2.05) is 0 Å². The van der Waals surface area contributed by atoms with Crippen LogP contribution in [0.25, 0.3) is 0 Å². The van der Waals surface area contributed by atoms with Crippen molar-refractivity contribution >= 4 is 19.8 Å². The zero-order valence-electron chi connectivity index (χ0n) is 37.7. The Hall–Kier alpha value is -1.93. The number of aliphatic hydroxyl groups is 5. The van der Waals surface area contributed by atoms with Gasteiger partial charge >= 0.3 is 19.8 Å². The molecule has 61 heavy (non-hydrogen) atoms. The highest BCUT2D eigenvalue weighted by Crippen LogP contribution is 2.47. The van der Waals surface area contributed by atoms with Crippen LogP contribution in [0.4, 0.5) is 0 Å². The molecule has 1 rings (SSSR count). The Morgan fingerprint density at radius 3 is 1.36 bits per heavy atom. The molecule has 6 N–H and O–H groups in total. The number of esters is 2. The fourth-order valence-electron chi connectivity index (χ4n) is 7.08. The van der Waals surface area contributed by atoms with Gasteiger partial charge in [0.15, 0.2) is 6.10 Å². The minimum Gasteiger partial charge on any atom is -0.462 e. The number of hydrogen-bond acceptors (Lipinski definition) is 12. The van der Waals surface area contributed by atoms with E-state index in [0.29, 0.717) is 12.8 Å². The summed E-state index contributed by atoms with van der Waals surface area (Å²) in [5.41, 5.74) is 0. The van der Waals surface area contributed by atoms with Crippen molar-refractivity contribution in [3.05, 3.63) is 36.5 Å². The van der Waals surface area contributed by atoms with E-state index in [9.17, 15) is 44.6 Å². The van der Waals surface area contributed by atoms with Crippen LogP contribution >= 0.6 is 7.82 Å². The van der Waals surface area contributed by atoms with Crippen molar-refractivity contribution in [1.29, 1.82) is 0 Å². The summed E-state index contributed by atoms with van der Waals surface area (Å²) in [7, 11) is -5.12. The van der Waals surface area contributed by atoms with Crippen LogP contribution in [0.5, 0.6) is 0 Å². The molecule has 0 aromatic carbocycles. The summed E-state index contributed by atoms with van der Waals surface area (Å²) < 4.78 is 33.5. The molecule has 0 heterocycles. The second-order valence-electron chi connectivity index (χ2n) is 16.6. The highest BCUT2D eigenvalue weighted by atomic mass is 31.2. The van der Waals surface area contributed by atoms with Crippen molar-refractivity contribution in [2.45, 2.75) is 236 Å². The number of aliphatic hydroxyl groups excluding tert-OH is 5. The van der Waals surface area contributed by atoms with Crippen LogP contribution in [0, 0.1) is 0 Å². The molecule has 0 saturated heterocycles. The van der Waals surface area contributed by atoms with Crippen LogP contribution in [0.1, 0.15) is 194 Å². The molecule has 1 aliphatic carbocycles. The predicted molar refractivity (Wildman–Crippen MR) is 240 cm³/mol. The summed E-state index contributed by atoms with van der Waals surface area (Å²) >= 11 is 0. The summed E-state index contributed by atoms with van der Waals surface area (Å²) in [6, 6.07) is 0. The van der Waals surface area contributed by atoms with Crippen LogP contribution in [0.2, 0.25) is 0 Å². The van der Waals surface area contributed by atoms with Gasteiger partial charge in [-0.15, -0.1) is 0 Å². The van der Waals surface area contributed by atoms with E-state index in [2.05, 4.69) is 50.3 Å². The minimum atomic E-state index is -5.12. The summed E-state index contributed by atoms with van der Waals surface area (Å²) in [4.78, 5) is 35.7. The summed E-state index contributed by atoms with van der Waals surface area (Å²) in [6.07, 6.45) is 29.1. The second kappa shape index (κ2) is 37.4.